The lowest BCUT2D eigenvalue weighted by Crippen LogP contribution is -2.30. The molecule has 0 spiro atoms. The van der Waals surface area contributed by atoms with Crippen molar-refractivity contribution in [2.75, 3.05) is 26.3 Å². The van der Waals surface area contributed by atoms with Gasteiger partial charge in [0.15, 0.2) is 0 Å². The quantitative estimate of drug-likeness (QED) is 0.787. The first kappa shape index (κ1) is 16.7. The van der Waals surface area contributed by atoms with E-state index < -0.39 is 0 Å². The summed E-state index contributed by atoms with van der Waals surface area (Å²) in [5.74, 6) is 0.462. The highest BCUT2D eigenvalue weighted by Gasteiger charge is 2.14. The normalized spacial score (nSPS) is 15.5. The number of carbonyl (C=O) groups is 1. The molecule has 0 aromatic heterocycles. The lowest BCUT2D eigenvalue weighted by Gasteiger charge is -2.22. The van der Waals surface area contributed by atoms with Gasteiger partial charge in [-0.2, -0.15) is 0 Å². The highest BCUT2D eigenvalue weighted by molar-refractivity contribution is 5.69. The molecule has 1 saturated heterocycles. The largest absolute Gasteiger partial charge is 0.493 e. The molecule has 0 amide bonds. The molecule has 1 fully saturated rings. The Morgan fingerprint density at radius 3 is 2.82 bits per heavy atom. The van der Waals surface area contributed by atoms with Gasteiger partial charge in [-0.1, -0.05) is 6.07 Å². The maximum Gasteiger partial charge on any atom is 0.306 e. The highest BCUT2D eigenvalue weighted by atomic mass is 19.1. The van der Waals surface area contributed by atoms with Gasteiger partial charge in [0.2, 0.25) is 0 Å². The molecule has 2 rings (SSSR count). The maximum absolute atomic E-state index is 14.0. The summed E-state index contributed by atoms with van der Waals surface area (Å²) in [7, 11) is 0. The molecule has 1 aliphatic rings. The van der Waals surface area contributed by atoms with Crippen LogP contribution in [-0.2, 0) is 16.0 Å². The van der Waals surface area contributed by atoms with E-state index in [-0.39, 0.29) is 18.2 Å². The van der Waals surface area contributed by atoms with Crippen molar-refractivity contribution in [2.45, 2.75) is 32.6 Å². The van der Waals surface area contributed by atoms with Crippen molar-refractivity contribution in [2.24, 2.45) is 5.92 Å². The summed E-state index contributed by atoms with van der Waals surface area (Å²) >= 11 is 0. The fourth-order valence-corrected chi connectivity index (χ4v) is 2.55. The number of nitrogens with one attached hydrogen (secondary N) is 1. The number of benzene rings is 1. The second-order valence-electron chi connectivity index (χ2n) is 5.56. The van der Waals surface area contributed by atoms with Gasteiger partial charge in [-0.15, -0.1) is 0 Å². The molecule has 0 atom stereocenters. The van der Waals surface area contributed by atoms with Crippen LogP contribution >= 0.6 is 0 Å². The van der Waals surface area contributed by atoms with Gasteiger partial charge in [0.1, 0.15) is 11.6 Å². The Balaban J connectivity index is 1.82. The topological polar surface area (TPSA) is 47.6 Å². The van der Waals surface area contributed by atoms with Crippen LogP contribution < -0.4 is 10.1 Å². The SMILES string of the molecule is CCOC(=O)CCc1ccc(OCC2CCNCC2)cc1F. The third-order valence-corrected chi connectivity index (χ3v) is 3.87. The predicted octanol–water partition coefficient (Wildman–Crippen LogP) is 2.70. The summed E-state index contributed by atoms with van der Waals surface area (Å²) < 4.78 is 24.5. The molecule has 0 saturated carbocycles. The summed E-state index contributed by atoms with van der Waals surface area (Å²) in [6.45, 7) is 4.78. The fourth-order valence-electron chi connectivity index (χ4n) is 2.55. The molecular formula is C17H24FNO3. The number of ether oxygens (including phenoxy) is 2. The molecular weight excluding hydrogens is 285 g/mol. The van der Waals surface area contributed by atoms with Crippen molar-refractivity contribution < 1.29 is 18.7 Å². The second-order valence-corrected chi connectivity index (χ2v) is 5.56. The summed E-state index contributed by atoms with van der Waals surface area (Å²) in [5.41, 5.74) is 0.516. The molecule has 0 aliphatic carbocycles. The lowest BCUT2D eigenvalue weighted by atomic mass is 9.99. The zero-order chi connectivity index (χ0) is 15.8. The van der Waals surface area contributed by atoms with Crippen LogP contribution in [0.3, 0.4) is 0 Å². The van der Waals surface area contributed by atoms with E-state index in [9.17, 15) is 9.18 Å². The Kier molecular flexibility index (Phi) is 6.65. The Morgan fingerprint density at radius 2 is 2.14 bits per heavy atom. The van der Waals surface area contributed by atoms with Crippen molar-refractivity contribution in [3.63, 3.8) is 0 Å². The minimum Gasteiger partial charge on any atom is -0.493 e. The molecule has 1 aliphatic heterocycles. The minimum absolute atomic E-state index is 0.194. The van der Waals surface area contributed by atoms with Gasteiger partial charge in [-0.25, -0.2) is 4.39 Å². The van der Waals surface area contributed by atoms with Crippen LogP contribution in [0.2, 0.25) is 0 Å². The lowest BCUT2D eigenvalue weighted by molar-refractivity contribution is -0.143. The average Bonchev–Trinajstić information content (AvgIpc) is 2.53. The van der Waals surface area contributed by atoms with Crippen molar-refractivity contribution in [1.82, 2.24) is 5.32 Å². The zero-order valence-corrected chi connectivity index (χ0v) is 13.1. The van der Waals surface area contributed by atoms with Crippen LogP contribution in [0.5, 0.6) is 5.75 Å². The fraction of sp³-hybridized carbons (Fsp3) is 0.588. The Morgan fingerprint density at radius 1 is 1.36 bits per heavy atom. The monoisotopic (exact) mass is 309 g/mol. The van der Waals surface area contributed by atoms with E-state index in [2.05, 4.69) is 5.32 Å². The summed E-state index contributed by atoms with van der Waals surface area (Å²) in [6, 6.07) is 4.86. The Hall–Kier alpha value is -1.62. The van der Waals surface area contributed by atoms with Crippen molar-refractivity contribution in [1.29, 1.82) is 0 Å². The molecule has 0 radical (unpaired) electrons. The number of halogens is 1. The number of rotatable bonds is 7. The second kappa shape index (κ2) is 8.73. The van der Waals surface area contributed by atoms with E-state index in [1.165, 1.54) is 6.07 Å². The molecule has 1 N–H and O–H groups in total. The molecule has 1 aromatic rings. The van der Waals surface area contributed by atoms with Crippen LogP contribution in [0.4, 0.5) is 4.39 Å². The zero-order valence-electron chi connectivity index (χ0n) is 13.1. The molecule has 1 heterocycles. The third kappa shape index (κ3) is 5.30. The molecule has 0 unspecified atom stereocenters. The smallest absolute Gasteiger partial charge is 0.306 e. The number of piperidine rings is 1. The van der Waals surface area contributed by atoms with Crippen molar-refractivity contribution in [3.05, 3.63) is 29.6 Å². The molecule has 22 heavy (non-hydrogen) atoms. The Labute approximate surface area is 131 Å². The van der Waals surface area contributed by atoms with Crippen molar-refractivity contribution in [3.8, 4) is 5.75 Å². The van der Waals surface area contributed by atoms with Crippen LogP contribution in [-0.4, -0.2) is 32.3 Å². The van der Waals surface area contributed by atoms with Crippen LogP contribution in [0, 0.1) is 11.7 Å². The van der Waals surface area contributed by atoms with E-state index >= 15 is 0 Å². The van der Waals surface area contributed by atoms with Crippen molar-refractivity contribution >= 4 is 5.97 Å². The summed E-state index contributed by atoms with van der Waals surface area (Å²) in [4.78, 5) is 11.3. The van der Waals surface area contributed by atoms with Crippen LogP contribution in [0.15, 0.2) is 18.2 Å². The standard InChI is InChI=1S/C17H24FNO3/c1-2-21-17(20)6-4-14-3-5-15(11-16(14)18)22-12-13-7-9-19-10-8-13/h3,5,11,13,19H,2,4,6-10,12H2,1H3. The molecule has 1 aromatic carbocycles. The van der Waals surface area contributed by atoms with E-state index in [1.54, 1.807) is 19.1 Å². The first-order valence-corrected chi connectivity index (χ1v) is 7.96. The van der Waals surface area contributed by atoms with Gasteiger partial charge >= 0.3 is 5.97 Å². The first-order valence-electron chi connectivity index (χ1n) is 7.96. The van der Waals surface area contributed by atoms with Gasteiger partial charge in [0.05, 0.1) is 13.2 Å². The van der Waals surface area contributed by atoms with Gasteiger partial charge in [-0.05, 0) is 56.8 Å². The molecule has 4 nitrogen and oxygen atoms in total. The highest BCUT2D eigenvalue weighted by Crippen LogP contribution is 2.20. The number of aryl methyl sites for hydroxylation is 1. The molecule has 122 valence electrons. The third-order valence-electron chi connectivity index (χ3n) is 3.87. The maximum atomic E-state index is 14.0. The average molecular weight is 309 g/mol. The van der Waals surface area contributed by atoms with Gasteiger partial charge < -0.3 is 14.8 Å². The number of carbonyl (C=O) groups excluding carboxylic acids is 1. The van der Waals surface area contributed by atoms with Gasteiger partial charge in [0, 0.05) is 12.5 Å². The van der Waals surface area contributed by atoms with Gasteiger partial charge in [0.25, 0.3) is 0 Å². The number of hydrogen-bond acceptors (Lipinski definition) is 4. The van der Waals surface area contributed by atoms with E-state index in [0.29, 0.717) is 36.9 Å². The van der Waals surface area contributed by atoms with Crippen LogP contribution in [0.25, 0.3) is 0 Å². The van der Waals surface area contributed by atoms with E-state index in [0.717, 1.165) is 25.9 Å². The summed E-state index contributed by atoms with van der Waals surface area (Å²) in [6.07, 6.45) is 2.74. The van der Waals surface area contributed by atoms with Gasteiger partial charge in [-0.3, -0.25) is 4.79 Å². The van der Waals surface area contributed by atoms with E-state index in [1.807, 2.05) is 0 Å². The number of hydrogen-bond donors (Lipinski definition) is 1. The predicted molar refractivity (Wildman–Crippen MR) is 82.4 cm³/mol. The van der Waals surface area contributed by atoms with Crippen LogP contribution in [0.1, 0.15) is 31.7 Å². The summed E-state index contributed by atoms with van der Waals surface area (Å²) in [5, 5.41) is 3.31. The Bertz CT molecular complexity index is 487. The molecule has 0 bridgehead atoms. The van der Waals surface area contributed by atoms with E-state index in [4.69, 9.17) is 9.47 Å². The number of esters is 1. The minimum atomic E-state index is -0.327. The molecule has 5 heteroatoms. The first-order chi connectivity index (χ1) is 10.7.